The SMILES string of the molecule is CCC(CO)[C@@H](C)SN1C(=O)C(=Cc2ccc3ncccc3c2)SC1N. The second-order valence-electron chi connectivity index (χ2n) is 6.26. The molecule has 1 aromatic carbocycles. The fraction of sp³-hybridized carbons (Fsp3) is 0.368. The van der Waals surface area contributed by atoms with Crippen LogP contribution in [0, 0.1) is 5.92 Å². The van der Waals surface area contributed by atoms with E-state index in [-0.39, 0.29) is 23.7 Å². The van der Waals surface area contributed by atoms with Gasteiger partial charge in [0, 0.05) is 23.4 Å². The van der Waals surface area contributed by atoms with Crippen molar-refractivity contribution < 1.29 is 9.90 Å². The van der Waals surface area contributed by atoms with Gasteiger partial charge in [-0.1, -0.05) is 44.2 Å². The Labute approximate surface area is 162 Å². The summed E-state index contributed by atoms with van der Waals surface area (Å²) in [5.74, 6) is 0.0736. The molecular formula is C19H23N3O2S2. The maximum Gasteiger partial charge on any atom is 0.272 e. The van der Waals surface area contributed by atoms with Crippen LogP contribution in [0.25, 0.3) is 17.0 Å². The minimum Gasteiger partial charge on any atom is -0.396 e. The molecular weight excluding hydrogens is 366 g/mol. The van der Waals surface area contributed by atoms with E-state index in [2.05, 4.69) is 4.98 Å². The summed E-state index contributed by atoms with van der Waals surface area (Å²) in [5.41, 5.74) is 7.63. The van der Waals surface area contributed by atoms with Gasteiger partial charge in [-0.25, -0.2) is 0 Å². The quantitative estimate of drug-likeness (QED) is 0.582. The molecule has 1 saturated heterocycles. The van der Waals surface area contributed by atoms with E-state index in [1.54, 1.807) is 10.5 Å². The lowest BCUT2D eigenvalue weighted by molar-refractivity contribution is -0.121. The Morgan fingerprint density at radius 3 is 3.00 bits per heavy atom. The Morgan fingerprint density at radius 2 is 2.27 bits per heavy atom. The molecule has 0 spiro atoms. The molecule has 1 amide bonds. The van der Waals surface area contributed by atoms with E-state index in [1.165, 1.54) is 23.7 Å². The largest absolute Gasteiger partial charge is 0.396 e. The molecule has 7 heteroatoms. The fourth-order valence-corrected chi connectivity index (χ4v) is 5.18. The first-order valence-corrected chi connectivity index (χ1v) is 10.3. The van der Waals surface area contributed by atoms with Gasteiger partial charge in [0.05, 0.1) is 10.4 Å². The van der Waals surface area contributed by atoms with Crippen molar-refractivity contribution in [1.29, 1.82) is 0 Å². The summed E-state index contributed by atoms with van der Waals surface area (Å²) >= 11 is 2.79. The number of carbonyl (C=O) groups is 1. The van der Waals surface area contributed by atoms with Crippen molar-refractivity contribution in [2.45, 2.75) is 31.0 Å². The zero-order chi connectivity index (χ0) is 18.7. The number of fused-ring (bicyclic) bond motifs is 1. The Kier molecular flexibility index (Phi) is 6.24. The summed E-state index contributed by atoms with van der Waals surface area (Å²) in [4.78, 5) is 17.7. The molecule has 1 aromatic heterocycles. The van der Waals surface area contributed by atoms with Gasteiger partial charge in [-0.3, -0.25) is 14.1 Å². The molecule has 2 heterocycles. The predicted molar refractivity (Wildman–Crippen MR) is 110 cm³/mol. The zero-order valence-electron chi connectivity index (χ0n) is 14.8. The molecule has 2 unspecified atom stereocenters. The van der Waals surface area contributed by atoms with Crippen LogP contribution in [-0.2, 0) is 4.79 Å². The highest BCUT2D eigenvalue weighted by molar-refractivity contribution is 8.07. The van der Waals surface area contributed by atoms with Crippen molar-refractivity contribution in [2.75, 3.05) is 6.61 Å². The van der Waals surface area contributed by atoms with Crippen molar-refractivity contribution in [3.8, 4) is 0 Å². The summed E-state index contributed by atoms with van der Waals surface area (Å²) in [6.45, 7) is 4.18. The third-order valence-electron chi connectivity index (χ3n) is 4.52. The lowest BCUT2D eigenvalue weighted by atomic mass is 10.1. The van der Waals surface area contributed by atoms with Crippen LogP contribution in [0.2, 0.25) is 0 Å². The van der Waals surface area contributed by atoms with Gasteiger partial charge in [-0.05, 0) is 47.7 Å². The Hall–Kier alpha value is -1.54. The van der Waals surface area contributed by atoms with Gasteiger partial charge in [0.2, 0.25) is 0 Å². The number of aliphatic hydroxyl groups excluding tert-OH is 1. The van der Waals surface area contributed by atoms with Gasteiger partial charge < -0.3 is 10.8 Å². The molecule has 1 aliphatic heterocycles. The molecule has 0 saturated carbocycles. The average molecular weight is 390 g/mol. The van der Waals surface area contributed by atoms with Gasteiger partial charge in [0.15, 0.2) is 0 Å². The normalized spacial score (nSPS) is 21.5. The van der Waals surface area contributed by atoms with E-state index in [0.29, 0.717) is 4.91 Å². The van der Waals surface area contributed by atoms with E-state index in [1.807, 2.05) is 50.3 Å². The van der Waals surface area contributed by atoms with Gasteiger partial charge in [0.25, 0.3) is 5.91 Å². The second kappa shape index (κ2) is 8.43. The molecule has 1 aliphatic rings. The molecule has 26 heavy (non-hydrogen) atoms. The number of pyridine rings is 1. The number of rotatable bonds is 6. The summed E-state index contributed by atoms with van der Waals surface area (Å²) in [5, 5.41) is 10.6. The number of carbonyl (C=O) groups excluding carboxylic acids is 1. The molecule has 0 radical (unpaired) electrons. The highest BCUT2D eigenvalue weighted by Crippen LogP contribution is 2.40. The summed E-state index contributed by atoms with van der Waals surface area (Å²) in [6, 6.07) is 9.83. The smallest absolute Gasteiger partial charge is 0.272 e. The van der Waals surface area contributed by atoms with Crippen LogP contribution >= 0.6 is 23.7 Å². The van der Waals surface area contributed by atoms with Crippen LogP contribution in [0.3, 0.4) is 0 Å². The standard InChI is InChI=1S/C19H23N3O2S2/c1-3-14(11-23)12(2)26-22-18(24)17(25-19(22)20)10-13-6-7-16-15(9-13)5-4-8-21-16/h4-10,12,14,19,23H,3,11,20H2,1-2H3/t12-,14?,19?/m1/s1. The molecule has 0 bridgehead atoms. The number of hydrogen-bond donors (Lipinski definition) is 2. The molecule has 3 rings (SSSR count). The molecule has 1 fully saturated rings. The summed E-state index contributed by atoms with van der Waals surface area (Å²) in [6.07, 6.45) is 4.51. The summed E-state index contributed by atoms with van der Waals surface area (Å²) < 4.78 is 1.63. The van der Waals surface area contributed by atoms with Crippen LogP contribution in [0.15, 0.2) is 41.4 Å². The van der Waals surface area contributed by atoms with Crippen molar-refractivity contribution in [3.63, 3.8) is 0 Å². The summed E-state index contributed by atoms with van der Waals surface area (Å²) in [7, 11) is 0. The third kappa shape index (κ3) is 4.06. The fourth-order valence-electron chi connectivity index (χ4n) is 2.87. The number of nitrogens with two attached hydrogens (primary N) is 1. The minimum absolute atomic E-state index is 0.0709. The third-order valence-corrected chi connectivity index (χ3v) is 6.99. The van der Waals surface area contributed by atoms with E-state index in [9.17, 15) is 9.90 Å². The van der Waals surface area contributed by atoms with Crippen molar-refractivity contribution in [2.24, 2.45) is 11.7 Å². The predicted octanol–water partition coefficient (Wildman–Crippen LogP) is 3.45. The van der Waals surface area contributed by atoms with Crippen molar-refractivity contribution in [1.82, 2.24) is 9.29 Å². The van der Waals surface area contributed by atoms with E-state index < -0.39 is 5.50 Å². The van der Waals surface area contributed by atoms with E-state index >= 15 is 0 Å². The number of aromatic nitrogens is 1. The van der Waals surface area contributed by atoms with Gasteiger partial charge in [-0.2, -0.15) is 0 Å². The van der Waals surface area contributed by atoms with Gasteiger partial charge in [0.1, 0.15) is 5.50 Å². The number of hydrogen-bond acceptors (Lipinski definition) is 6. The molecule has 3 atom stereocenters. The second-order valence-corrected chi connectivity index (χ2v) is 8.77. The molecule has 2 aromatic rings. The van der Waals surface area contributed by atoms with Crippen LogP contribution in [0.1, 0.15) is 25.8 Å². The topological polar surface area (TPSA) is 79.5 Å². The molecule has 0 aliphatic carbocycles. The first kappa shape index (κ1) is 19.2. The van der Waals surface area contributed by atoms with Crippen LogP contribution < -0.4 is 5.73 Å². The highest BCUT2D eigenvalue weighted by Gasteiger charge is 2.36. The maximum absolute atomic E-state index is 12.8. The van der Waals surface area contributed by atoms with E-state index in [4.69, 9.17) is 5.73 Å². The molecule has 3 N–H and O–H groups in total. The maximum atomic E-state index is 12.8. The van der Waals surface area contributed by atoms with Crippen LogP contribution in [0.5, 0.6) is 0 Å². The average Bonchev–Trinajstić information content (AvgIpc) is 2.90. The Morgan fingerprint density at radius 1 is 1.46 bits per heavy atom. The number of aliphatic hydroxyl groups is 1. The molecule has 138 valence electrons. The lowest BCUT2D eigenvalue weighted by Crippen LogP contribution is -2.35. The monoisotopic (exact) mass is 389 g/mol. The van der Waals surface area contributed by atoms with Crippen LogP contribution in [-0.4, -0.2) is 37.7 Å². The van der Waals surface area contributed by atoms with Crippen molar-refractivity contribution >= 4 is 46.6 Å². The number of thioether (sulfide) groups is 1. The van der Waals surface area contributed by atoms with Gasteiger partial charge in [-0.15, -0.1) is 0 Å². The Balaban J connectivity index is 1.78. The first-order valence-electron chi connectivity index (χ1n) is 8.63. The van der Waals surface area contributed by atoms with Crippen molar-refractivity contribution in [3.05, 3.63) is 47.0 Å². The zero-order valence-corrected chi connectivity index (χ0v) is 16.5. The minimum atomic E-state index is -0.417. The highest BCUT2D eigenvalue weighted by atomic mass is 32.2. The number of benzene rings is 1. The number of nitrogens with zero attached hydrogens (tertiary/aromatic N) is 2. The van der Waals surface area contributed by atoms with Crippen LogP contribution in [0.4, 0.5) is 0 Å². The molecule has 5 nitrogen and oxygen atoms in total. The number of amides is 1. The van der Waals surface area contributed by atoms with E-state index in [0.717, 1.165) is 22.9 Å². The lowest BCUT2D eigenvalue weighted by Gasteiger charge is -2.26. The van der Waals surface area contributed by atoms with Gasteiger partial charge >= 0.3 is 0 Å². The Bertz CT molecular complexity index is 823. The first-order chi connectivity index (χ1) is 12.5.